The zero-order chi connectivity index (χ0) is 18.0. The normalized spacial score (nSPS) is 17.9. The van der Waals surface area contributed by atoms with E-state index in [0.717, 1.165) is 0 Å². The third-order valence-electron chi connectivity index (χ3n) is 3.71. The molecule has 0 saturated heterocycles. The van der Waals surface area contributed by atoms with Gasteiger partial charge in [0.05, 0.1) is 25.5 Å². The number of hydrogen-bond donors (Lipinski definition) is 1. The van der Waals surface area contributed by atoms with Gasteiger partial charge in [0.25, 0.3) is 15.9 Å². The second-order valence-corrected chi connectivity index (χ2v) is 7.13. The van der Waals surface area contributed by atoms with Crippen LogP contribution in [0.25, 0.3) is 0 Å². The van der Waals surface area contributed by atoms with Gasteiger partial charge in [0.2, 0.25) is 0 Å². The van der Waals surface area contributed by atoms with Crippen molar-refractivity contribution < 1.29 is 22.7 Å². The van der Waals surface area contributed by atoms with Crippen molar-refractivity contribution in [3.05, 3.63) is 42.1 Å². The highest BCUT2D eigenvalue weighted by Crippen LogP contribution is 2.27. The van der Waals surface area contributed by atoms with E-state index in [-0.39, 0.29) is 23.7 Å². The number of fused-ring (bicyclic) bond motifs is 1. The summed E-state index contributed by atoms with van der Waals surface area (Å²) in [7, 11) is -0.546. The highest BCUT2D eigenvalue weighted by atomic mass is 32.2. The third-order valence-corrected chi connectivity index (χ3v) is 4.86. The summed E-state index contributed by atoms with van der Waals surface area (Å²) in [6, 6.07) is 4.95. The van der Waals surface area contributed by atoms with E-state index in [4.69, 9.17) is 9.47 Å². The van der Waals surface area contributed by atoms with Crippen LogP contribution in [0.4, 0.5) is 5.69 Å². The number of carbonyl (C=O) groups is 1. The zero-order valence-corrected chi connectivity index (χ0v) is 14.5. The van der Waals surface area contributed by atoms with Crippen molar-refractivity contribution in [1.29, 1.82) is 0 Å². The van der Waals surface area contributed by atoms with Crippen LogP contribution in [0, 0.1) is 0 Å². The molecule has 2 aliphatic heterocycles. The van der Waals surface area contributed by atoms with Crippen LogP contribution < -0.4 is 14.8 Å². The summed E-state index contributed by atoms with van der Waals surface area (Å²) < 4.78 is 37.6. The molecular weight excluding hydrogens is 346 g/mol. The van der Waals surface area contributed by atoms with Crippen LogP contribution in [-0.4, -0.2) is 51.6 Å². The van der Waals surface area contributed by atoms with Gasteiger partial charge in [0.1, 0.15) is 11.5 Å². The van der Waals surface area contributed by atoms with E-state index in [9.17, 15) is 13.2 Å². The van der Waals surface area contributed by atoms with Crippen LogP contribution in [0.5, 0.6) is 11.5 Å². The van der Waals surface area contributed by atoms with E-state index in [2.05, 4.69) is 9.71 Å². The molecule has 2 aliphatic rings. The standard InChI is InChI=1S/C16H17N3O5S/c1-23-12-8-11(9-13(10-12)24-2)17-16(20)14-4-3-5-19-6-7-25(21,22)18-15(14)19/h3-5,8-10H,6-7H2,1-2H3,(H,17,20). The van der Waals surface area contributed by atoms with Crippen LogP contribution in [0.15, 0.2) is 46.5 Å². The van der Waals surface area contributed by atoms with Crippen molar-refractivity contribution in [3.63, 3.8) is 0 Å². The molecule has 0 aliphatic carbocycles. The van der Waals surface area contributed by atoms with Gasteiger partial charge in [-0.1, -0.05) is 0 Å². The predicted octanol–water partition coefficient (Wildman–Crippen LogP) is 1.14. The van der Waals surface area contributed by atoms with Gasteiger partial charge >= 0.3 is 0 Å². The maximum Gasteiger partial charge on any atom is 0.259 e. The maximum atomic E-state index is 12.6. The molecule has 0 saturated carbocycles. The average Bonchev–Trinajstić information content (AvgIpc) is 2.59. The molecule has 2 heterocycles. The quantitative estimate of drug-likeness (QED) is 0.862. The number of sulfonamides is 1. The minimum atomic E-state index is -3.56. The first kappa shape index (κ1) is 17.0. The highest BCUT2D eigenvalue weighted by Gasteiger charge is 2.30. The lowest BCUT2D eigenvalue weighted by atomic mass is 10.1. The summed E-state index contributed by atoms with van der Waals surface area (Å²) in [5.41, 5.74) is 0.634. The predicted molar refractivity (Wildman–Crippen MR) is 93.3 cm³/mol. The third kappa shape index (κ3) is 3.66. The average molecular weight is 363 g/mol. The summed E-state index contributed by atoms with van der Waals surface area (Å²) in [5.74, 6) is 0.613. The first-order valence-electron chi connectivity index (χ1n) is 7.44. The number of rotatable bonds is 4. The van der Waals surface area contributed by atoms with E-state index in [1.54, 1.807) is 35.4 Å². The van der Waals surface area contributed by atoms with E-state index in [1.807, 2.05) is 0 Å². The van der Waals surface area contributed by atoms with Gasteiger partial charge in [0, 0.05) is 36.6 Å². The van der Waals surface area contributed by atoms with Crippen molar-refractivity contribution in [2.24, 2.45) is 4.40 Å². The number of anilines is 1. The number of nitrogens with zero attached hydrogens (tertiary/aromatic N) is 2. The molecule has 9 heteroatoms. The Bertz CT molecular complexity index is 880. The smallest absolute Gasteiger partial charge is 0.259 e. The van der Waals surface area contributed by atoms with Crippen LogP contribution in [0.1, 0.15) is 0 Å². The Morgan fingerprint density at radius 1 is 1.20 bits per heavy atom. The Morgan fingerprint density at radius 2 is 1.88 bits per heavy atom. The van der Waals surface area contributed by atoms with Gasteiger partial charge in [0.15, 0.2) is 5.84 Å². The van der Waals surface area contributed by atoms with Crippen molar-refractivity contribution in [1.82, 2.24) is 4.90 Å². The lowest BCUT2D eigenvalue weighted by molar-refractivity contribution is -0.112. The molecule has 0 atom stereocenters. The molecular formula is C16H17N3O5S. The molecule has 0 fully saturated rings. The summed E-state index contributed by atoms with van der Waals surface area (Å²) in [6.07, 6.45) is 4.90. The largest absolute Gasteiger partial charge is 0.497 e. The molecule has 0 radical (unpaired) electrons. The molecule has 0 bridgehead atoms. The minimum Gasteiger partial charge on any atom is -0.497 e. The number of allylic oxidation sites excluding steroid dienone is 2. The Labute approximate surface area is 145 Å². The summed E-state index contributed by atoms with van der Waals surface area (Å²) in [6.45, 7) is 0.259. The summed E-state index contributed by atoms with van der Waals surface area (Å²) >= 11 is 0. The number of methoxy groups -OCH3 is 2. The number of ether oxygens (including phenoxy) is 2. The minimum absolute atomic E-state index is 0.0805. The highest BCUT2D eigenvalue weighted by molar-refractivity contribution is 7.90. The SMILES string of the molecule is COc1cc(NC(=O)C2=CC=CN3CCS(=O)(=O)N=C23)cc(OC)c1. The molecule has 132 valence electrons. The van der Waals surface area contributed by atoms with Gasteiger partial charge in [-0.05, 0) is 12.2 Å². The molecule has 1 N–H and O–H groups in total. The molecule has 0 unspecified atom stereocenters. The van der Waals surface area contributed by atoms with Gasteiger partial charge in [-0.15, -0.1) is 4.40 Å². The topological polar surface area (TPSA) is 97.3 Å². The second kappa shape index (κ2) is 6.60. The Morgan fingerprint density at radius 3 is 2.52 bits per heavy atom. The molecule has 0 spiro atoms. The number of nitrogens with one attached hydrogen (secondary N) is 1. The van der Waals surface area contributed by atoms with Gasteiger partial charge in [-0.2, -0.15) is 0 Å². The second-order valence-electron chi connectivity index (χ2n) is 5.37. The van der Waals surface area contributed by atoms with E-state index in [0.29, 0.717) is 17.2 Å². The molecule has 8 nitrogen and oxygen atoms in total. The van der Waals surface area contributed by atoms with E-state index >= 15 is 0 Å². The Hall–Kier alpha value is -2.81. The van der Waals surface area contributed by atoms with Crippen molar-refractivity contribution in [2.75, 3.05) is 31.8 Å². The van der Waals surface area contributed by atoms with E-state index in [1.165, 1.54) is 20.3 Å². The molecule has 25 heavy (non-hydrogen) atoms. The van der Waals surface area contributed by atoms with Gasteiger partial charge in [-0.3, -0.25) is 4.79 Å². The van der Waals surface area contributed by atoms with Gasteiger partial charge in [-0.25, -0.2) is 8.42 Å². The zero-order valence-electron chi connectivity index (χ0n) is 13.7. The number of hydrogen-bond acceptors (Lipinski definition) is 6. The van der Waals surface area contributed by atoms with Crippen molar-refractivity contribution >= 4 is 27.5 Å². The lowest BCUT2D eigenvalue weighted by Gasteiger charge is -2.28. The number of amidine groups is 1. The van der Waals surface area contributed by atoms with Gasteiger partial charge < -0.3 is 19.7 Å². The fourth-order valence-electron chi connectivity index (χ4n) is 2.47. The van der Waals surface area contributed by atoms with Crippen molar-refractivity contribution in [3.8, 4) is 11.5 Å². The van der Waals surface area contributed by atoms with Crippen LogP contribution >= 0.6 is 0 Å². The van der Waals surface area contributed by atoms with Crippen molar-refractivity contribution in [2.45, 2.75) is 0 Å². The molecule has 1 aromatic rings. The fraction of sp³-hybridized carbons (Fsp3) is 0.250. The summed E-state index contributed by atoms with van der Waals surface area (Å²) in [5, 5.41) is 2.72. The lowest BCUT2D eigenvalue weighted by Crippen LogP contribution is -2.40. The summed E-state index contributed by atoms with van der Waals surface area (Å²) in [4.78, 5) is 14.3. The first-order chi connectivity index (χ1) is 11.9. The number of benzene rings is 1. The first-order valence-corrected chi connectivity index (χ1v) is 9.05. The maximum absolute atomic E-state index is 12.6. The monoisotopic (exact) mass is 363 g/mol. The Kier molecular flexibility index (Phi) is 4.49. The molecule has 0 aromatic heterocycles. The van der Waals surface area contributed by atoms with E-state index < -0.39 is 15.9 Å². The Balaban J connectivity index is 1.89. The van der Waals surface area contributed by atoms with Crippen LogP contribution in [0.3, 0.4) is 0 Å². The number of amides is 1. The van der Waals surface area contributed by atoms with Crippen LogP contribution in [-0.2, 0) is 14.8 Å². The fourth-order valence-corrected chi connectivity index (χ4v) is 3.46. The van der Waals surface area contributed by atoms with Crippen LogP contribution in [0.2, 0.25) is 0 Å². The molecule has 3 rings (SSSR count). The molecule has 1 aromatic carbocycles. The number of carbonyl (C=O) groups excluding carboxylic acids is 1. The molecule has 1 amide bonds.